The second kappa shape index (κ2) is 14.9. The van der Waals surface area contributed by atoms with Crippen molar-refractivity contribution in [3.8, 4) is 16.8 Å². The third kappa shape index (κ3) is 6.05. The Morgan fingerprint density at radius 3 is 1.45 bits per heavy atom. The molecule has 0 aliphatic heterocycles. The Balaban J connectivity index is 1.09. The van der Waals surface area contributed by atoms with E-state index < -0.39 is 5.41 Å². The van der Waals surface area contributed by atoms with Crippen LogP contribution in [0, 0.1) is 5.82 Å². The maximum atomic E-state index is 13.9. The van der Waals surface area contributed by atoms with Crippen LogP contribution in [0.3, 0.4) is 0 Å². The number of halogens is 1. The first-order valence-corrected chi connectivity index (χ1v) is 19.7. The highest BCUT2D eigenvalue weighted by Crippen LogP contribution is 2.46. The van der Waals surface area contributed by atoms with Gasteiger partial charge in [0, 0.05) is 33.5 Å². The van der Waals surface area contributed by atoms with Crippen molar-refractivity contribution in [1.82, 2.24) is 4.57 Å². The van der Waals surface area contributed by atoms with Crippen LogP contribution in [0.15, 0.2) is 237 Å². The molecule has 0 atom stereocenters. The van der Waals surface area contributed by atoms with E-state index in [4.69, 9.17) is 0 Å². The Hall–Kier alpha value is -7.49. The highest BCUT2D eigenvalue weighted by atomic mass is 19.1. The predicted molar refractivity (Wildman–Crippen MR) is 239 cm³/mol. The first-order valence-electron chi connectivity index (χ1n) is 19.7. The zero-order valence-electron chi connectivity index (χ0n) is 31.8. The third-order valence-corrected chi connectivity index (χ3v) is 11.4. The topological polar surface area (TPSA) is 8.17 Å². The minimum absolute atomic E-state index is 0.244. The molecule has 2 nitrogen and oxygen atoms in total. The van der Waals surface area contributed by atoms with E-state index in [-0.39, 0.29) is 5.82 Å². The van der Waals surface area contributed by atoms with Crippen LogP contribution >= 0.6 is 0 Å². The average molecular weight is 747 g/mol. The molecule has 1 aromatic heterocycles. The van der Waals surface area contributed by atoms with Crippen molar-refractivity contribution in [2.45, 2.75) is 5.41 Å². The summed E-state index contributed by atoms with van der Waals surface area (Å²) in [5, 5.41) is 2.31. The molecule has 9 aromatic carbocycles. The zero-order chi connectivity index (χ0) is 38.9. The third-order valence-electron chi connectivity index (χ3n) is 11.4. The number of hydrogen-bond donors (Lipinski definition) is 0. The largest absolute Gasteiger partial charge is 0.310 e. The van der Waals surface area contributed by atoms with Crippen molar-refractivity contribution in [2.75, 3.05) is 4.90 Å². The van der Waals surface area contributed by atoms with E-state index in [0.717, 1.165) is 55.7 Å². The molecule has 10 rings (SSSR count). The van der Waals surface area contributed by atoms with Crippen molar-refractivity contribution in [3.05, 3.63) is 265 Å². The standard InChI is InChI=1S/C55H39FN2/c56-46-31-35-49(36-32-46)58-53-27-14-13-26-51(53)52-39-41(28-37-54(52)58)40-16-15-25-50(38-40)57(47-23-11-4-12-24-47)48-33-29-45(30-34-48)55(42-17-5-1-6-18-42,43-19-7-2-8-20-43)44-21-9-3-10-22-44/h1-39H. The van der Waals surface area contributed by atoms with Crippen LogP contribution in [-0.2, 0) is 5.41 Å². The molecule has 276 valence electrons. The van der Waals surface area contributed by atoms with Gasteiger partial charge in [0.1, 0.15) is 5.82 Å². The SMILES string of the molecule is Fc1ccc(-n2c3ccccc3c3cc(-c4cccc(N(c5ccccc5)c5ccc(C(c6ccccc6)(c6ccccc6)c6ccccc6)cc5)c4)ccc32)cc1. The zero-order valence-corrected chi connectivity index (χ0v) is 31.8. The average Bonchev–Trinajstić information content (AvgIpc) is 3.63. The molecule has 0 spiro atoms. The molecular formula is C55H39FN2. The Bertz CT molecular complexity index is 2880. The summed E-state index contributed by atoms with van der Waals surface area (Å²) in [5.74, 6) is -0.244. The summed E-state index contributed by atoms with van der Waals surface area (Å²) in [7, 11) is 0. The predicted octanol–water partition coefficient (Wildman–Crippen LogP) is 14.4. The fraction of sp³-hybridized carbons (Fsp3) is 0.0182. The lowest BCUT2D eigenvalue weighted by Gasteiger charge is -2.37. The van der Waals surface area contributed by atoms with E-state index in [0.29, 0.717) is 0 Å². The lowest BCUT2D eigenvalue weighted by Crippen LogP contribution is -2.31. The molecule has 0 saturated carbocycles. The van der Waals surface area contributed by atoms with Crippen molar-refractivity contribution in [2.24, 2.45) is 0 Å². The minimum atomic E-state index is -0.529. The van der Waals surface area contributed by atoms with Gasteiger partial charge in [0.25, 0.3) is 0 Å². The molecule has 0 radical (unpaired) electrons. The molecule has 0 bridgehead atoms. The van der Waals surface area contributed by atoms with Gasteiger partial charge in [-0.1, -0.05) is 158 Å². The molecule has 0 unspecified atom stereocenters. The van der Waals surface area contributed by atoms with E-state index >= 15 is 0 Å². The highest BCUT2D eigenvalue weighted by molar-refractivity contribution is 6.10. The quantitative estimate of drug-likeness (QED) is 0.134. The molecule has 0 amide bonds. The maximum absolute atomic E-state index is 13.9. The summed E-state index contributed by atoms with van der Waals surface area (Å²) in [6.07, 6.45) is 0. The Morgan fingerprint density at radius 1 is 0.345 bits per heavy atom. The number of benzene rings is 9. The normalized spacial score (nSPS) is 11.5. The van der Waals surface area contributed by atoms with Crippen LogP contribution in [0.1, 0.15) is 22.3 Å². The molecule has 0 saturated heterocycles. The fourth-order valence-corrected chi connectivity index (χ4v) is 8.79. The van der Waals surface area contributed by atoms with E-state index in [1.54, 1.807) is 0 Å². The molecule has 0 aliphatic carbocycles. The molecule has 58 heavy (non-hydrogen) atoms. The van der Waals surface area contributed by atoms with Crippen molar-refractivity contribution in [3.63, 3.8) is 0 Å². The van der Waals surface area contributed by atoms with E-state index in [9.17, 15) is 4.39 Å². The molecule has 0 fully saturated rings. The van der Waals surface area contributed by atoms with Crippen LogP contribution in [0.2, 0.25) is 0 Å². The summed E-state index contributed by atoms with van der Waals surface area (Å²) in [6, 6.07) is 82.9. The van der Waals surface area contributed by atoms with Gasteiger partial charge in [-0.05, 0) is 112 Å². The molecular weight excluding hydrogens is 708 g/mol. The van der Waals surface area contributed by atoms with Crippen LogP contribution in [0.4, 0.5) is 21.5 Å². The van der Waals surface area contributed by atoms with Gasteiger partial charge < -0.3 is 9.47 Å². The van der Waals surface area contributed by atoms with Gasteiger partial charge in [0.2, 0.25) is 0 Å². The second-order valence-electron chi connectivity index (χ2n) is 14.7. The van der Waals surface area contributed by atoms with Gasteiger partial charge in [-0.3, -0.25) is 0 Å². The summed E-state index contributed by atoms with van der Waals surface area (Å²) in [5.41, 5.74) is 12.8. The molecule has 0 N–H and O–H groups in total. The summed E-state index contributed by atoms with van der Waals surface area (Å²) >= 11 is 0. The van der Waals surface area contributed by atoms with E-state index in [2.05, 4.69) is 222 Å². The summed E-state index contributed by atoms with van der Waals surface area (Å²) in [6.45, 7) is 0. The van der Waals surface area contributed by atoms with E-state index in [1.807, 2.05) is 12.1 Å². The second-order valence-corrected chi connectivity index (χ2v) is 14.7. The fourth-order valence-electron chi connectivity index (χ4n) is 8.79. The van der Waals surface area contributed by atoms with Crippen molar-refractivity contribution in [1.29, 1.82) is 0 Å². The number of nitrogens with zero attached hydrogens (tertiary/aromatic N) is 2. The lowest BCUT2D eigenvalue weighted by molar-refractivity contribution is 0.627. The van der Waals surface area contributed by atoms with Gasteiger partial charge in [-0.25, -0.2) is 4.39 Å². The van der Waals surface area contributed by atoms with Gasteiger partial charge in [-0.15, -0.1) is 0 Å². The molecule has 10 aromatic rings. The van der Waals surface area contributed by atoms with Gasteiger partial charge >= 0.3 is 0 Å². The number of anilines is 3. The first-order chi connectivity index (χ1) is 28.7. The van der Waals surface area contributed by atoms with Crippen molar-refractivity contribution < 1.29 is 4.39 Å². The number of para-hydroxylation sites is 2. The monoisotopic (exact) mass is 746 g/mol. The summed E-state index contributed by atoms with van der Waals surface area (Å²) in [4.78, 5) is 2.33. The molecule has 3 heteroatoms. The van der Waals surface area contributed by atoms with Gasteiger partial charge in [0.05, 0.1) is 16.4 Å². The van der Waals surface area contributed by atoms with Crippen LogP contribution in [0.5, 0.6) is 0 Å². The number of fused-ring (bicyclic) bond motifs is 3. The van der Waals surface area contributed by atoms with E-state index in [1.165, 1.54) is 34.4 Å². The maximum Gasteiger partial charge on any atom is 0.123 e. The molecule has 1 heterocycles. The lowest BCUT2D eigenvalue weighted by atomic mass is 9.65. The summed E-state index contributed by atoms with van der Waals surface area (Å²) < 4.78 is 16.2. The van der Waals surface area contributed by atoms with Gasteiger partial charge in [0.15, 0.2) is 0 Å². The Kier molecular flexibility index (Phi) is 8.96. The number of aromatic nitrogens is 1. The van der Waals surface area contributed by atoms with Gasteiger partial charge in [-0.2, -0.15) is 0 Å². The van der Waals surface area contributed by atoms with Crippen LogP contribution in [0.25, 0.3) is 38.6 Å². The number of hydrogen-bond acceptors (Lipinski definition) is 1. The highest BCUT2D eigenvalue weighted by Gasteiger charge is 2.38. The van der Waals surface area contributed by atoms with Crippen LogP contribution in [-0.4, -0.2) is 4.57 Å². The van der Waals surface area contributed by atoms with Crippen molar-refractivity contribution >= 4 is 38.9 Å². The minimum Gasteiger partial charge on any atom is -0.310 e. The molecule has 0 aliphatic rings. The van der Waals surface area contributed by atoms with Crippen LogP contribution < -0.4 is 4.90 Å². The Morgan fingerprint density at radius 2 is 0.828 bits per heavy atom. The first kappa shape index (κ1) is 35.0. The Labute approximate surface area is 338 Å². The smallest absolute Gasteiger partial charge is 0.123 e. The number of rotatable bonds is 9.